The van der Waals surface area contributed by atoms with Crippen molar-refractivity contribution < 1.29 is 19.5 Å². The van der Waals surface area contributed by atoms with Gasteiger partial charge in [0, 0.05) is 17.2 Å². The molecule has 0 unspecified atom stereocenters. The highest BCUT2D eigenvalue weighted by Gasteiger charge is 2.26. The maximum Gasteiger partial charge on any atom is 0.335 e. The van der Waals surface area contributed by atoms with Gasteiger partial charge in [-0.15, -0.1) is 0 Å². The molecule has 4 aromatic rings. The van der Waals surface area contributed by atoms with Crippen molar-refractivity contribution in [2.24, 2.45) is 0 Å². The lowest BCUT2D eigenvalue weighted by Crippen LogP contribution is -2.19. The van der Waals surface area contributed by atoms with E-state index in [2.05, 4.69) is 30.7 Å². The van der Waals surface area contributed by atoms with Crippen LogP contribution < -0.4 is 10.6 Å². The number of amides is 2. The van der Waals surface area contributed by atoms with E-state index in [1.807, 2.05) is 0 Å². The molecule has 1 saturated heterocycles. The minimum atomic E-state index is -1.04. The van der Waals surface area contributed by atoms with Crippen LogP contribution in [0, 0.1) is 0 Å². The van der Waals surface area contributed by atoms with Crippen LogP contribution in [-0.2, 0) is 9.59 Å². The van der Waals surface area contributed by atoms with E-state index < -0.39 is 11.9 Å². The number of imide groups is 1. The Morgan fingerprint density at radius 3 is 2.82 bits per heavy atom. The van der Waals surface area contributed by atoms with E-state index >= 15 is 0 Å². The first kappa shape index (κ1) is 19.1. The lowest BCUT2D eigenvalue weighted by Gasteiger charge is -2.10. The highest BCUT2D eigenvalue weighted by atomic mass is 16.4. The predicted molar refractivity (Wildman–Crippen MR) is 115 cm³/mol. The third kappa shape index (κ3) is 3.28. The van der Waals surface area contributed by atoms with Gasteiger partial charge < -0.3 is 10.4 Å². The van der Waals surface area contributed by atoms with Crippen molar-refractivity contribution in [2.45, 2.75) is 25.3 Å². The van der Waals surface area contributed by atoms with Crippen LogP contribution in [0.15, 0.2) is 36.3 Å². The first-order valence-corrected chi connectivity index (χ1v) is 10.2. The molecule has 164 valence electrons. The van der Waals surface area contributed by atoms with Crippen LogP contribution in [0.3, 0.4) is 0 Å². The fraction of sp³-hybridized carbons (Fsp3) is 0.190. The summed E-state index contributed by atoms with van der Waals surface area (Å²) in [6.45, 7) is 0. The average molecular weight is 444 g/mol. The van der Waals surface area contributed by atoms with E-state index in [9.17, 15) is 19.5 Å². The standard InChI is InChI=1S/C21H16N8O4/c30-16-7-11(18(31)25-16)5-12-8-23-29-17(12)26-20(27-21(29)24-13-2-3-13)28-9-22-14-6-10(19(32)33)1-4-15(14)28/h1,4-6,8-9,13H,2-3,7H2,(H,32,33)(H,24,26,27)(H,25,30,31). The van der Waals surface area contributed by atoms with E-state index in [-0.39, 0.29) is 23.9 Å². The summed E-state index contributed by atoms with van der Waals surface area (Å²) in [6, 6.07) is 4.93. The summed E-state index contributed by atoms with van der Waals surface area (Å²) in [6.07, 6.45) is 6.74. The number of benzene rings is 1. The molecule has 0 atom stereocenters. The maximum absolute atomic E-state index is 12.0. The molecular weight excluding hydrogens is 428 g/mol. The van der Waals surface area contributed by atoms with Crippen molar-refractivity contribution in [3.8, 4) is 5.95 Å². The molecule has 3 N–H and O–H groups in total. The van der Waals surface area contributed by atoms with E-state index in [1.54, 1.807) is 27.4 Å². The molecule has 12 nitrogen and oxygen atoms in total. The van der Waals surface area contributed by atoms with Crippen molar-refractivity contribution in [3.05, 3.63) is 47.4 Å². The monoisotopic (exact) mass is 444 g/mol. The molecule has 3 aromatic heterocycles. The highest BCUT2D eigenvalue weighted by Crippen LogP contribution is 2.27. The molecule has 2 amide bonds. The molecule has 2 aliphatic rings. The van der Waals surface area contributed by atoms with Crippen molar-refractivity contribution >= 4 is 46.5 Å². The molecule has 1 aliphatic heterocycles. The molecule has 12 heteroatoms. The van der Waals surface area contributed by atoms with Crippen LogP contribution in [0.5, 0.6) is 0 Å². The summed E-state index contributed by atoms with van der Waals surface area (Å²) in [5.41, 5.74) is 2.62. The van der Waals surface area contributed by atoms with Gasteiger partial charge in [-0.2, -0.15) is 19.6 Å². The number of carboxylic acids is 1. The van der Waals surface area contributed by atoms with Crippen molar-refractivity contribution in [1.29, 1.82) is 0 Å². The highest BCUT2D eigenvalue weighted by molar-refractivity contribution is 6.15. The summed E-state index contributed by atoms with van der Waals surface area (Å²) in [5.74, 6) is -1.02. The Bertz CT molecular complexity index is 1530. The Labute approximate surface area is 185 Å². The molecule has 0 spiro atoms. The summed E-state index contributed by atoms with van der Waals surface area (Å²) < 4.78 is 3.22. The van der Waals surface area contributed by atoms with Crippen LogP contribution >= 0.6 is 0 Å². The SMILES string of the molecule is O=C1CC(=Cc2cnn3c(NC4CC4)nc(-n4cnc5cc(C(=O)O)ccc54)nc23)C(=O)N1. The second kappa shape index (κ2) is 6.95. The molecule has 4 heterocycles. The second-order valence-corrected chi connectivity index (χ2v) is 7.95. The fourth-order valence-corrected chi connectivity index (χ4v) is 3.71. The Hall–Kier alpha value is -4.61. The Morgan fingerprint density at radius 1 is 1.24 bits per heavy atom. The van der Waals surface area contributed by atoms with Crippen LogP contribution in [-0.4, -0.2) is 58.1 Å². The van der Waals surface area contributed by atoms with Gasteiger partial charge in [0.05, 0.1) is 29.2 Å². The average Bonchev–Trinajstić information content (AvgIpc) is 3.21. The van der Waals surface area contributed by atoms with Gasteiger partial charge in [0.1, 0.15) is 6.33 Å². The zero-order chi connectivity index (χ0) is 22.7. The number of fused-ring (bicyclic) bond motifs is 2. The van der Waals surface area contributed by atoms with Crippen molar-refractivity contribution in [3.63, 3.8) is 0 Å². The lowest BCUT2D eigenvalue weighted by atomic mass is 10.1. The number of carbonyl (C=O) groups excluding carboxylic acids is 2. The minimum absolute atomic E-state index is 0.000631. The van der Waals surface area contributed by atoms with E-state index in [1.165, 1.54) is 18.5 Å². The molecule has 0 radical (unpaired) electrons. The number of hydrogen-bond acceptors (Lipinski definition) is 8. The van der Waals surface area contributed by atoms with Gasteiger partial charge >= 0.3 is 5.97 Å². The zero-order valence-electron chi connectivity index (χ0n) is 17.0. The largest absolute Gasteiger partial charge is 0.478 e. The summed E-state index contributed by atoms with van der Waals surface area (Å²) in [5, 5.41) is 19.2. The fourth-order valence-electron chi connectivity index (χ4n) is 3.71. The Morgan fingerprint density at radius 2 is 2.09 bits per heavy atom. The number of rotatable bonds is 5. The van der Waals surface area contributed by atoms with Crippen LogP contribution in [0.4, 0.5) is 5.95 Å². The molecule has 1 aliphatic carbocycles. The van der Waals surface area contributed by atoms with Gasteiger partial charge in [-0.1, -0.05) is 0 Å². The van der Waals surface area contributed by atoms with E-state index in [4.69, 9.17) is 0 Å². The maximum atomic E-state index is 12.0. The number of nitrogens with zero attached hydrogens (tertiary/aromatic N) is 6. The van der Waals surface area contributed by atoms with Gasteiger partial charge in [-0.25, -0.2) is 9.78 Å². The molecule has 0 bridgehead atoms. The predicted octanol–water partition coefficient (Wildman–Crippen LogP) is 1.17. The second-order valence-electron chi connectivity index (χ2n) is 7.95. The van der Waals surface area contributed by atoms with Gasteiger partial charge in [-0.3, -0.25) is 19.5 Å². The third-order valence-electron chi connectivity index (χ3n) is 5.53. The normalized spacial score (nSPS) is 17.3. The molecular formula is C21H16N8O4. The number of anilines is 1. The number of aromatic carboxylic acids is 1. The molecule has 1 saturated carbocycles. The van der Waals surface area contributed by atoms with Crippen molar-refractivity contribution in [2.75, 3.05) is 5.32 Å². The number of carbonyl (C=O) groups is 3. The van der Waals surface area contributed by atoms with E-state index in [0.717, 1.165) is 12.8 Å². The summed E-state index contributed by atoms with van der Waals surface area (Å²) in [4.78, 5) is 48.5. The first-order chi connectivity index (χ1) is 16.0. The molecule has 2 fully saturated rings. The lowest BCUT2D eigenvalue weighted by molar-refractivity contribution is -0.124. The first-order valence-electron chi connectivity index (χ1n) is 10.2. The number of aromatic nitrogens is 6. The third-order valence-corrected chi connectivity index (χ3v) is 5.53. The van der Waals surface area contributed by atoms with Crippen molar-refractivity contribution in [1.82, 2.24) is 34.4 Å². The topological polar surface area (TPSA) is 156 Å². The van der Waals surface area contributed by atoms with Gasteiger partial charge in [0.15, 0.2) is 5.65 Å². The summed E-state index contributed by atoms with van der Waals surface area (Å²) in [7, 11) is 0. The zero-order valence-corrected chi connectivity index (χ0v) is 17.0. The molecule has 1 aromatic carbocycles. The van der Waals surface area contributed by atoms with E-state index in [0.29, 0.717) is 39.7 Å². The van der Waals surface area contributed by atoms with Gasteiger partial charge in [0.25, 0.3) is 5.91 Å². The van der Waals surface area contributed by atoms with Gasteiger partial charge in [0.2, 0.25) is 17.8 Å². The number of nitrogens with one attached hydrogen (secondary N) is 2. The number of carboxylic acid groups (broad SMARTS) is 1. The van der Waals surface area contributed by atoms with Gasteiger partial charge in [-0.05, 0) is 37.1 Å². The molecule has 33 heavy (non-hydrogen) atoms. The summed E-state index contributed by atoms with van der Waals surface area (Å²) >= 11 is 0. The van der Waals surface area contributed by atoms with Crippen LogP contribution in [0.1, 0.15) is 35.2 Å². The Balaban J connectivity index is 1.51. The Kier molecular flexibility index (Phi) is 4.02. The quantitative estimate of drug-likeness (QED) is 0.304. The van der Waals surface area contributed by atoms with Crippen LogP contribution in [0.2, 0.25) is 0 Å². The minimum Gasteiger partial charge on any atom is -0.478 e. The molecule has 6 rings (SSSR count). The number of hydrogen-bond donors (Lipinski definition) is 3. The van der Waals surface area contributed by atoms with Crippen LogP contribution in [0.25, 0.3) is 28.7 Å². The smallest absolute Gasteiger partial charge is 0.335 e. The number of imidazole rings is 1.